The van der Waals surface area contributed by atoms with Gasteiger partial charge in [-0.15, -0.1) is 0 Å². The van der Waals surface area contributed by atoms with E-state index in [2.05, 4.69) is 30.2 Å². The predicted molar refractivity (Wildman–Crippen MR) is 163 cm³/mol. The summed E-state index contributed by atoms with van der Waals surface area (Å²) in [6.45, 7) is 11.3. The molecular weight excluding hydrogens is 522 g/mol. The minimum atomic E-state index is -0.965. The molecule has 0 aliphatic heterocycles. The number of hydrogen-bond donors (Lipinski definition) is 3. The second-order valence-electron chi connectivity index (χ2n) is 11.8. The average Bonchev–Trinajstić information content (AvgIpc) is 3.59. The van der Waals surface area contributed by atoms with E-state index in [1.165, 1.54) is 0 Å². The summed E-state index contributed by atoms with van der Waals surface area (Å²) in [7, 11) is 0. The molecule has 3 aromatic rings. The van der Waals surface area contributed by atoms with E-state index < -0.39 is 23.8 Å². The fraction of sp³-hybridized carbons (Fsp3) is 0.406. The molecule has 1 aliphatic rings. The van der Waals surface area contributed by atoms with E-state index in [1.54, 1.807) is 25.7 Å². The van der Waals surface area contributed by atoms with Crippen molar-refractivity contribution in [1.29, 1.82) is 0 Å². The number of ether oxygens (including phenoxy) is 1. The lowest BCUT2D eigenvalue weighted by molar-refractivity contribution is -0.141. The number of alkyl carbamates (subject to hydrolysis) is 1. The third-order valence-electron chi connectivity index (χ3n) is 6.95. The highest BCUT2D eigenvalue weighted by Crippen LogP contribution is 2.41. The van der Waals surface area contributed by atoms with Gasteiger partial charge in [-0.3, -0.25) is 9.59 Å². The Morgan fingerprint density at radius 2 is 1.62 bits per heavy atom. The molecule has 0 aromatic heterocycles. The van der Waals surface area contributed by atoms with Crippen LogP contribution in [0, 0.1) is 19.8 Å². The maximum absolute atomic E-state index is 14.1. The zero-order valence-electron chi connectivity index (χ0n) is 24.0. The van der Waals surface area contributed by atoms with Gasteiger partial charge in [-0.25, -0.2) is 4.79 Å². The molecule has 7 nitrogen and oxygen atoms in total. The van der Waals surface area contributed by atoms with Crippen LogP contribution in [0.25, 0.3) is 10.8 Å². The van der Waals surface area contributed by atoms with Crippen LogP contribution in [0.1, 0.15) is 56.8 Å². The van der Waals surface area contributed by atoms with E-state index >= 15 is 0 Å². The van der Waals surface area contributed by atoms with E-state index in [9.17, 15) is 14.4 Å². The number of rotatable bonds is 8. The standard InChI is InChI=1S/C32H39N3O4S/c1-19-13-20(2)15-24(14-19)28(29(36)33-25-12-11-22-9-7-8-10-23(22)17-25)35(27-16-21(27)3)30(37)26(18-40)34-31(38)39-32(4,5)6/h7-15,17,21,26-28,40H,16,18H2,1-6H3,(H,33,36)(H,34,38). The van der Waals surface area contributed by atoms with Crippen LogP contribution in [0.2, 0.25) is 0 Å². The van der Waals surface area contributed by atoms with Gasteiger partial charge in [0.05, 0.1) is 0 Å². The molecule has 3 aromatic carbocycles. The second kappa shape index (κ2) is 11.9. The van der Waals surface area contributed by atoms with Crippen molar-refractivity contribution in [3.8, 4) is 0 Å². The number of carbonyl (C=O) groups is 3. The summed E-state index contributed by atoms with van der Waals surface area (Å²) in [5.41, 5.74) is 2.63. The summed E-state index contributed by atoms with van der Waals surface area (Å²) in [5, 5.41) is 7.82. The third kappa shape index (κ3) is 7.16. The number of fused-ring (bicyclic) bond motifs is 1. The predicted octanol–water partition coefficient (Wildman–Crippen LogP) is 6.20. The van der Waals surface area contributed by atoms with Gasteiger partial charge in [-0.05, 0) is 75.4 Å². The fourth-order valence-electron chi connectivity index (χ4n) is 5.07. The van der Waals surface area contributed by atoms with Crippen molar-refractivity contribution in [3.63, 3.8) is 0 Å². The van der Waals surface area contributed by atoms with Gasteiger partial charge in [0.15, 0.2) is 0 Å². The Labute approximate surface area is 242 Å². The Morgan fingerprint density at radius 3 is 2.20 bits per heavy atom. The molecule has 0 heterocycles. The smallest absolute Gasteiger partial charge is 0.408 e. The molecule has 1 aliphatic carbocycles. The highest BCUT2D eigenvalue weighted by Gasteiger charge is 2.48. The van der Waals surface area contributed by atoms with Crippen molar-refractivity contribution in [3.05, 3.63) is 77.4 Å². The molecule has 0 radical (unpaired) electrons. The lowest BCUT2D eigenvalue weighted by Gasteiger charge is -2.35. The average molecular weight is 562 g/mol. The quantitative estimate of drug-likeness (QED) is 0.286. The van der Waals surface area contributed by atoms with Crippen molar-refractivity contribution < 1.29 is 19.1 Å². The Morgan fingerprint density at radius 1 is 1.00 bits per heavy atom. The lowest BCUT2D eigenvalue weighted by atomic mass is 9.98. The SMILES string of the molecule is Cc1cc(C)cc(C(C(=O)Nc2ccc3ccccc3c2)N(C(=O)C(CS)NC(=O)OC(C)(C)C)C2CC2C)c1. The minimum Gasteiger partial charge on any atom is -0.444 e. The van der Waals surface area contributed by atoms with Crippen LogP contribution in [0.5, 0.6) is 0 Å². The number of carbonyl (C=O) groups excluding carboxylic acids is 3. The molecule has 0 spiro atoms. The molecule has 1 fully saturated rings. The van der Waals surface area contributed by atoms with Crippen LogP contribution in [0.15, 0.2) is 60.7 Å². The van der Waals surface area contributed by atoms with E-state index in [0.29, 0.717) is 5.69 Å². The van der Waals surface area contributed by atoms with Crippen molar-refractivity contribution >= 4 is 47.0 Å². The number of aryl methyl sites for hydroxylation is 2. The van der Waals surface area contributed by atoms with Gasteiger partial charge in [0.25, 0.3) is 5.91 Å². The summed E-state index contributed by atoms with van der Waals surface area (Å²) in [5.74, 6) is -0.412. The van der Waals surface area contributed by atoms with Crippen molar-refractivity contribution in [2.45, 2.75) is 71.7 Å². The molecular formula is C32H39N3O4S. The summed E-state index contributed by atoms with van der Waals surface area (Å²) < 4.78 is 5.40. The number of anilines is 1. The van der Waals surface area contributed by atoms with Gasteiger partial charge in [0, 0.05) is 17.5 Å². The van der Waals surface area contributed by atoms with Crippen LogP contribution >= 0.6 is 12.6 Å². The van der Waals surface area contributed by atoms with E-state index in [0.717, 1.165) is 33.9 Å². The normalized spacial score (nSPS) is 18.0. The second-order valence-corrected chi connectivity index (χ2v) is 12.1. The van der Waals surface area contributed by atoms with Gasteiger partial charge in [-0.1, -0.05) is 66.6 Å². The number of benzene rings is 3. The molecule has 40 heavy (non-hydrogen) atoms. The third-order valence-corrected chi connectivity index (χ3v) is 7.32. The zero-order valence-corrected chi connectivity index (χ0v) is 24.9. The van der Waals surface area contributed by atoms with Gasteiger partial charge < -0.3 is 20.3 Å². The highest BCUT2D eigenvalue weighted by molar-refractivity contribution is 7.80. The topological polar surface area (TPSA) is 87.7 Å². The summed E-state index contributed by atoms with van der Waals surface area (Å²) in [6.07, 6.45) is 0.0643. The van der Waals surface area contributed by atoms with E-state index in [4.69, 9.17) is 4.74 Å². The monoisotopic (exact) mass is 561 g/mol. The summed E-state index contributed by atoms with van der Waals surface area (Å²) >= 11 is 4.38. The van der Waals surface area contributed by atoms with Crippen LogP contribution in [0.4, 0.5) is 10.5 Å². The summed E-state index contributed by atoms with van der Waals surface area (Å²) in [4.78, 5) is 42.5. The molecule has 4 atom stereocenters. The largest absolute Gasteiger partial charge is 0.444 e. The molecule has 2 N–H and O–H groups in total. The minimum absolute atomic E-state index is 0.0571. The first-order chi connectivity index (χ1) is 18.9. The molecule has 8 heteroatoms. The van der Waals surface area contributed by atoms with E-state index in [-0.39, 0.29) is 29.5 Å². The first-order valence-electron chi connectivity index (χ1n) is 13.7. The Balaban J connectivity index is 1.72. The highest BCUT2D eigenvalue weighted by atomic mass is 32.1. The Hall–Kier alpha value is -3.52. The number of nitrogens with zero attached hydrogens (tertiary/aromatic N) is 1. The van der Waals surface area contributed by atoms with Crippen molar-refractivity contribution in [2.75, 3.05) is 11.1 Å². The maximum Gasteiger partial charge on any atom is 0.408 e. The first kappa shape index (κ1) is 29.5. The zero-order chi connectivity index (χ0) is 29.2. The van der Waals surface area contributed by atoms with Gasteiger partial charge >= 0.3 is 6.09 Å². The number of thiol groups is 1. The molecule has 4 rings (SSSR count). The maximum atomic E-state index is 14.1. The molecule has 4 unspecified atom stereocenters. The molecule has 212 valence electrons. The van der Waals surface area contributed by atoms with Gasteiger partial charge in [0.1, 0.15) is 17.7 Å². The van der Waals surface area contributed by atoms with Crippen molar-refractivity contribution in [2.24, 2.45) is 5.92 Å². The fourth-order valence-corrected chi connectivity index (χ4v) is 5.32. The van der Waals surface area contributed by atoms with Crippen LogP contribution in [-0.4, -0.2) is 46.2 Å². The molecule has 0 saturated heterocycles. The first-order valence-corrected chi connectivity index (χ1v) is 14.3. The summed E-state index contributed by atoms with van der Waals surface area (Å²) in [6, 6.07) is 17.6. The van der Waals surface area contributed by atoms with Crippen molar-refractivity contribution in [1.82, 2.24) is 10.2 Å². The molecule has 1 saturated carbocycles. The van der Waals surface area contributed by atoms with Gasteiger partial charge in [0.2, 0.25) is 5.91 Å². The number of hydrogen-bond acceptors (Lipinski definition) is 5. The van der Waals surface area contributed by atoms with E-state index in [1.807, 2.05) is 74.5 Å². The van der Waals surface area contributed by atoms with Crippen LogP contribution in [-0.2, 0) is 14.3 Å². The number of amides is 3. The Bertz CT molecular complexity index is 1400. The number of nitrogens with one attached hydrogen (secondary N) is 2. The molecule has 3 amide bonds. The van der Waals surface area contributed by atoms with Crippen LogP contribution < -0.4 is 10.6 Å². The molecule has 0 bridgehead atoms. The lowest BCUT2D eigenvalue weighted by Crippen LogP contribution is -2.54. The van der Waals surface area contributed by atoms with Crippen LogP contribution in [0.3, 0.4) is 0 Å². The van der Waals surface area contributed by atoms with Gasteiger partial charge in [-0.2, -0.15) is 12.6 Å². The Kier molecular flexibility index (Phi) is 8.78.